The first kappa shape index (κ1) is 10.7. The summed E-state index contributed by atoms with van der Waals surface area (Å²) in [6, 6.07) is 2.12. The third-order valence-corrected chi connectivity index (χ3v) is 2.06. The van der Waals surface area contributed by atoms with Crippen LogP contribution in [0.2, 0.25) is 0 Å². The van der Waals surface area contributed by atoms with Gasteiger partial charge in [-0.05, 0) is 23.9 Å². The van der Waals surface area contributed by atoms with Crippen molar-refractivity contribution in [1.29, 1.82) is 0 Å². The van der Waals surface area contributed by atoms with Crippen molar-refractivity contribution in [2.75, 3.05) is 0 Å². The van der Waals surface area contributed by atoms with Gasteiger partial charge in [0.1, 0.15) is 0 Å². The minimum Gasteiger partial charge on any atom is -0.326 e. The minimum atomic E-state index is 0.679. The number of rotatable bonds is 1. The molecule has 1 nitrogen and oxygen atoms in total. The highest BCUT2D eigenvalue weighted by Crippen LogP contribution is 2.11. The van der Waals surface area contributed by atoms with Gasteiger partial charge in [0.05, 0.1) is 0 Å². The lowest BCUT2D eigenvalue weighted by Crippen LogP contribution is -1.91. The van der Waals surface area contributed by atoms with E-state index in [2.05, 4.69) is 32.2 Å². The zero-order chi connectivity index (χ0) is 8.69. The van der Waals surface area contributed by atoms with Gasteiger partial charge in [0, 0.05) is 11.4 Å². The smallest absolute Gasteiger partial charge is 0.0273 e. The Bertz CT molecular complexity index is 181. The zero-order valence-electron chi connectivity index (χ0n) is 7.55. The summed E-state index contributed by atoms with van der Waals surface area (Å²) in [7, 11) is 0. The molecule has 0 saturated carbocycles. The number of hydrogen-bond donors (Lipinski definition) is 1. The van der Waals surface area contributed by atoms with E-state index in [-0.39, 0.29) is 0 Å². The fourth-order valence-electron chi connectivity index (χ4n) is 0.598. The molecule has 0 spiro atoms. The van der Waals surface area contributed by atoms with Crippen LogP contribution in [0.15, 0.2) is 11.4 Å². The summed E-state index contributed by atoms with van der Waals surface area (Å²) < 4.78 is 0. The van der Waals surface area contributed by atoms with E-state index in [4.69, 9.17) is 5.73 Å². The average molecular weight is 171 g/mol. The third-order valence-electron chi connectivity index (χ3n) is 0.986. The monoisotopic (exact) mass is 171 g/mol. The molecule has 0 radical (unpaired) electrons. The standard InChI is InChI=1S/C6H9NS.C3H8/c1-5-2-6(3-7)8-4-5;1-3-2/h2,4H,3,7H2,1H3;3H2,1-2H3. The predicted octanol–water partition coefficient (Wildman–Crippen LogP) is 2.93. The fraction of sp³-hybridized carbons (Fsp3) is 0.556. The van der Waals surface area contributed by atoms with Crippen molar-refractivity contribution in [3.05, 3.63) is 21.9 Å². The van der Waals surface area contributed by atoms with Crippen LogP contribution in [0.1, 0.15) is 30.7 Å². The minimum absolute atomic E-state index is 0.679. The third kappa shape index (κ3) is 4.99. The van der Waals surface area contributed by atoms with Crippen LogP contribution in [0.3, 0.4) is 0 Å². The molecule has 0 aliphatic rings. The van der Waals surface area contributed by atoms with E-state index in [1.54, 1.807) is 11.3 Å². The lowest BCUT2D eigenvalue weighted by atomic mass is 10.3. The van der Waals surface area contributed by atoms with E-state index < -0.39 is 0 Å². The second-order valence-corrected chi connectivity index (χ2v) is 3.50. The molecule has 0 saturated heterocycles. The fourth-order valence-corrected chi connectivity index (χ4v) is 1.35. The maximum Gasteiger partial charge on any atom is 0.0273 e. The summed E-state index contributed by atoms with van der Waals surface area (Å²) in [4.78, 5) is 1.27. The molecular weight excluding hydrogens is 154 g/mol. The lowest BCUT2D eigenvalue weighted by molar-refractivity contribution is 1.09. The Labute approximate surface area is 73.2 Å². The highest BCUT2D eigenvalue weighted by molar-refractivity contribution is 7.10. The van der Waals surface area contributed by atoms with Crippen molar-refractivity contribution in [1.82, 2.24) is 0 Å². The van der Waals surface area contributed by atoms with Gasteiger partial charge < -0.3 is 5.73 Å². The first-order valence-corrected chi connectivity index (χ1v) is 4.86. The average Bonchev–Trinajstić information content (AvgIpc) is 2.37. The van der Waals surface area contributed by atoms with Gasteiger partial charge in [-0.25, -0.2) is 0 Å². The molecule has 1 aromatic heterocycles. The molecule has 0 aromatic carbocycles. The summed E-state index contributed by atoms with van der Waals surface area (Å²) in [5, 5.41) is 2.11. The molecule has 0 amide bonds. The molecule has 0 unspecified atom stereocenters. The quantitative estimate of drug-likeness (QED) is 0.690. The Morgan fingerprint density at radius 3 is 2.18 bits per heavy atom. The van der Waals surface area contributed by atoms with Crippen LogP contribution < -0.4 is 5.73 Å². The number of nitrogens with two attached hydrogens (primary N) is 1. The van der Waals surface area contributed by atoms with Crippen molar-refractivity contribution in [2.45, 2.75) is 33.7 Å². The first-order chi connectivity index (χ1) is 5.24. The van der Waals surface area contributed by atoms with Gasteiger partial charge in [0.2, 0.25) is 0 Å². The van der Waals surface area contributed by atoms with Gasteiger partial charge in [-0.3, -0.25) is 0 Å². The van der Waals surface area contributed by atoms with Crippen molar-refractivity contribution < 1.29 is 0 Å². The van der Waals surface area contributed by atoms with Gasteiger partial charge in [0.25, 0.3) is 0 Å². The number of thiophene rings is 1. The van der Waals surface area contributed by atoms with Crippen molar-refractivity contribution in [3.63, 3.8) is 0 Å². The lowest BCUT2D eigenvalue weighted by Gasteiger charge is -1.80. The summed E-state index contributed by atoms with van der Waals surface area (Å²) >= 11 is 1.72. The normalized spacial score (nSPS) is 8.73. The van der Waals surface area contributed by atoms with Crippen LogP contribution in [-0.4, -0.2) is 0 Å². The Balaban J connectivity index is 0.000000292. The highest BCUT2D eigenvalue weighted by atomic mass is 32.1. The van der Waals surface area contributed by atoms with E-state index in [1.807, 2.05) is 0 Å². The van der Waals surface area contributed by atoms with Crippen molar-refractivity contribution in [3.8, 4) is 0 Å². The Morgan fingerprint density at radius 2 is 2.00 bits per heavy atom. The number of aryl methyl sites for hydroxylation is 1. The summed E-state index contributed by atoms with van der Waals surface area (Å²) in [6.07, 6.45) is 1.25. The summed E-state index contributed by atoms with van der Waals surface area (Å²) in [6.45, 7) is 7.01. The zero-order valence-corrected chi connectivity index (χ0v) is 8.37. The van der Waals surface area contributed by atoms with E-state index in [0.29, 0.717) is 6.54 Å². The van der Waals surface area contributed by atoms with Crippen LogP contribution in [0.4, 0.5) is 0 Å². The second-order valence-electron chi connectivity index (χ2n) is 2.50. The Hall–Kier alpha value is -0.340. The van der Waals surface area contributed by atoms with Crippen molar-refractivity contribution >= 4 is 11.3 Å². The molecule has 0 bridgehead atoms. The Morgan fingerprint density at radius 1 is 1.45 bits per heavy atom. The van der Waals surface area contributed by atoms with Crippen LogP contribution in [-0.2, 0) is 6.54 Å². The maximum absolute atomic E-state index is 5.37. The molecule has 0 atom stereocenters. The van der Waals surface area contributed by atoms with E-state index in [0.717, 1.165) is 0 Å². The predicted molar refractivity (Wildman–Crippen MR) is 52.9 cm³/mol. The molecule has 0 fully saturated rings. The Kier molecular flexibility index (Phi) is 6.18. The molecule has 64 valence electrons. The van der Waals surface area contributed by atoms with E-state index >= 15 is 0 Å². The number of hydrogen-bond acceptors (Lipinski definition) is 2. The molecule has 2 heteroatoms. The summed E-state index contributed by atoms with van der Waals surface area (Å²) in [5.41, 5.74) is 6.69. The molecular formula is C9H17NS. The van der Waals surface area contributed by atoms with E-state index in [9.17, 15) is 0 Å². The van der Waals surface area contributed by atoms with Crippen LogP contribution in [0.25, 0.3) is 0 Å². The topological polar surface area (TPSA) is 26.0 Å². The maximum atomic E-state index is 5.37. The molecule has 2 N–H and O–H groups in total. The highest BCUT2D eigenvalue weighted by Gasteiger charge is 1.89. The summed E-state index contributed by atoms with van der Waals surface area (Å²) in [5.74, 6) is 0. The molecule has 1 rings (SSSR count). The first-order valence-electron chi connectivity index (χ1n) is 3.98. The molecule has 1 aromatic rings. The molecule has 11 heavy (non-hydrogen) atoms. The van der Waals surface area contributed by atoms with Gasteiger partial charge >= 0.3 is 0 Å². The van der Waals surface area contributed by atoms with Crippen LogP contribution in [0.5, 0.6) is 0 Å². The molecule has 0 aliphatic heterocycles. The van der Waals surface area contributed by atoms with Gasteiger partial charge in [-0.2, -0.15) is 0 Å². The molecule has 1 heterocycles. The van der Waals surface area contributed by atoms with Gasteiger partial charge in [-0.15, -0.1) is 11.3 Å². The van der Waals surface area contributed by atoms with Gasteiger partial charge in [0.15, 0.2) is 0 Å². The van der Waals surface area contributed by atoms with Crippen LogP contribution >= 0.6 is 11.3 Å². The molecule has 0 aliphatic carbocycles. The van der Waals surface area contributed by atoms with Crippen molar-refractivity contribution in [2.24, 2.45) is 5.73 Å². The SMILES string of the molecule is CCC.Cc1csc(CN)c1. The van der Waals surface area contributed by atoms with Gasteiger partial charge in [-0.1, -0.05) is 20.3 Å². The van der Waals surface area contributed by atoms with Crippen LogP contribution in [0, 0.1) is 6.92 Å². The van der Waals surface area contributed by atoms with E-state index in [1.165, 1.54) is 16.9 Å². The largest absolute Gasteiger partial charge is 0.326 e. The second kappa shape index (κ2) is 6.38.